The topological polar surface area (TPSA) is 186 Å². The van der Waals surface area contributed by atoms with Crippen molar-refractivity contribution in [3.8, 4) is 34.0 Å². The number of aromatic nitrogens is 6. The van der Waals surface area contributed by atoms with Gasteiger partial charge in [-0.3, -0.25) is 19.5 Å². The molecule has 380 valence electrons. The molecule has 75 heavy (non-hydrogen) atoms. The lowest BCUT2D eigenvalue weighted by Crippen LogP contribution is -2.46. The SMILES string of the molecule is C[C@@H]1COc2c(-c3ccc(Nc4ccc(N5CCN(C)C(c6cccc(COc7ccc8c(-c9ncc(Nc%10ccc(N%11CCN(C)CC%11)cn%10)c%10c9CNC%10=O)c[nH]c8c7)c6)C5)cn4)c4c3CNC4=O)cnn2C1. The van der Waals surface area contributed by atoms with Gasteiger partial charge in [-0.15, -0.1) is 0 Å². The Labute approximate surface area is 434 Å². The standard InChI is InChI=1S/C57H58N14O4/c1-34-30-71-57(75-32-34)44(28-64-71)40-11-12-46(52-42(40)25-62-55(52)72)65-50-14-8-38(24-60-50)70-20-17-68(3)49(31-70)36-6-4-5-35(21-36)33-74-39-9-10-41-43(26-58-47(41)22-39)54-45-27-63-56(73)53(45)48(29-61-54)66-51-13-7-37(23-59-51)69-18-15-67(2)16-19-69/h4-14,21-24,26,28-29,34,49,58H,15-20,25,27,30-33H2,1-3H3,(H,59,66)(H,60,65)(H,62,72)(H,63,73)/t34-,49?/m0/s1. The summed E-state index contributed by atoms with van der Waals surface area (Å²) in [6.45, 7) is 11.3. The molecular weight excluding hydrogens is 945 g/mol. The van der Waals surface area contributed by atoms with Crippen LogP contribution in [0.3, 0.4) is 0 Å². The molecular formula is C57H58N14O4. The van der Waals surface area contributed by atoms with Crippen molar-refractivity contribution >= 4 is 57.1 Å². The lowest BCUT2D eigenvalue weighted by atomic mass is 9.97. The van der Waals surface area contributed by atoms with Crippen LogP contribution in [0.15, 0.2) is 110 Å². The zero-order chi connectivity index (χ0) is 50.7. The maximum absolute atomic E-state index is 13.3. The van der Waals surface area contributed by atoms with Crippen molar-refractivity contribution in [3.63, 3.8) is 0 Å². The molecule has 5 aliphatic heterocycles. The molecule has 2 atom stereocenters. The molecule has 13 rings (SSSR count). The van der Waals surface area contributed by atoms with Crippen LogP contribution in [0.4, 0.5) is 34.4 Å². The number of piperazine rings is 2. The summed E-state index contributed by atoms with van der Waals surface area (Å²) < 4.78 is 14.4. The summed E-state index contributed by atoms with van der Waals surface area (Å²) in [6.07, 6.45) is 9.33. The number of nitrogens with zero attached hydrogens (tertiary/aromatic N) is 9. The molecule has 0 saturated carbocycles. The van der Waals surface area contributed by atoms with E-state index in [0.717, 1.165) is 125 Å². The third-order valence-electron chi connectivity index (χ3n) is 15.4. The van der Waals surface area contributed by atoms with E-state index in [1.165, 1.54) is 5.56 Å². The second-order valence-electron chi connectivity index (χ2n) is 20.4. The van der Waals surface area contributed by atoms with E-state index in [1.807, 2.05) is 65.9 Å². The molecule has 1 unspecified atom stereocenters. The van der Waals surface area contributed by atoms with Crippen molar-refractivity contribution < 1.29 is 19.1 Å². The minimum absolute atomic E-state index is 0.114. The highest BCUT2D eigenvalue weighted by atomic mass is 16.5. The van der Waals surface area contributed by atoms with Crippen LogP contribution in [-0.2, 0) is 26.2 Å². The Morgan fingerprint density at radius 3 is 2.24 bits per heavy atom. The average molecular weight is 1000 g/mol. The molecule has 18 heteroatoms. The fourth-order valence-electron chi connectivity index (χ4n) is 11.2. The maximum Gasteiger partial charge on any atom is 0.254 e. The van der Waals surface area contributed by atoms with E-state index >= 15 is 0 Å². The fraction of sp³-hybridized carbons (Fsp3) is 0.298. The summed E-state index contributed by atoms with van der Waals surface area (Å²) in [5.74, 6) is 2.96. The van der Waals surface area contributed by atoms with Crippen molar-refractivity contribution in [1.82, 2.24) is 50.1 Å². The van der Waals surface area contributed by atoms with Crippen LogP contribution in [0.1, 0.15) is 55.9 Å². The summed E-state index contributed by atoms with van der Waals surface area (Å²) in [4.78, 5) is 53.8. The number of anilines is 6. The number of hydrogen-bond acceptors (Lipinski definition) is 14. The van der Waals surface area contributed by atoms with Gasteiger partial charge in [0.25, 0.3) is 11.8 Å². The van der Waals surface area contributed by atoms with Gasteiger partial charge in [0.1, 0.15) is 24.0 Å². The van der Waals surface area contributed by atoms with Gasteiger partial charge < -0.3 is 50.4 Å². The number of pyridine rings is 3. The lowest BCUT2D eigenvalue weighted by molar-refractivity contribution is 0.0958. The first-order valence-electron chi connectivity index (χ1n) is 25.8. The molecule has 8 aromatic rings. The molecule has 0 bridgehead atoms. The monoisotopic (exact) mass is 1000 g/mol. The number of rotatable bonds is 12. The van der Waals surface area contributed by atoms with Crippen molar-refractivity contribution in [2.24, 2.45) is 5.92 Å². The summed E-state index contributed by atoms with van der Waals surface area (Å²) in [6, 6.07) is 27.0. The molecule has 0 radical (unpaired) electrons. The molecule has 10 heterocycles. The molecule has 5 N–H and O–H groups in total. The van der Waals surface area contributed by atoms with Crippen LogP contribution in [0.25, 0.3) is 33.3 Å². The molecule has 0 spiro atoms. The van der Waals surface area contributed by atoms with Gasteiger partial charge in [-0.25, -0.2) is 14.6 Å². The average Bonchev–Trinajstić information content (AvgIpc) is 4.28. The van der Waals surface area contributed by atoms with Crippen LogP contribution in [0.2, 0.25) is 0 Å². The van der Waals surface area contributed by atoms with Crippen LogP contribution in [0, 0.1) is 5.92 Å². The van der Waals surface area contributed by atoms with Gasteiger partial charge in [-0.05, 0) is 78.8 Å². The third kappa shape index (κ3) is 8.78. The highest BCUT2D eigenvalue weighted by Gasteiger charge is 2.32. The van der Waals surface area contributed by atoms with Crippen molar-refractivity contribution in [2.75, 3.05) is 86.9 Å². The first-order valence-corrected chi connectivity index (χ1v) is 25.8. The molecule has 5 aliphatic rings. The molecule has 5 aromatic heterocycles. The summed E-state index contributed by atoms with van der Waals surface area (Å²) in [5.41, 5.74) is 13.2. The van der Waals surface area contributed by atoms with Gasteiger partial charge in [0, 0.05) is 99.1 Å². The second-order valence-corrected chi connectivity index (χ2v) is 20.4. The number of hydrogen-bond donors (Lipinski definition) is 5. The number of carbonyl (C=O) groups is 2. The van der Waals surface area contributed by atoms with E-state index in [2.05, 4.69) is 119 Å². The molecule has 2 amide bonds. The number of likely N-dealkylation sites (N-methyl/N-ethyl adjacent to an activating group) is 2. The minimum atomic E-state index is -0.135. The van der Waals surface area contributed by atoms with Gasteiger partial charge in [-0.2, -0.15) is 5.10 Å². The number of H-pyrrole nitrogens is 1. The van der Waals surface area contributed by atoms with Crippen molar-refractivity contribution in [1.29, 1.82) is 0 Å². The number of benzene rings is 3. The van der Waals surface area contributed by atoms with Crippen LogP contribution < -0.4 is 40.5 Å². The third-order valence-corrected chi connectivity index (χ3v) is 15.4. The summed E-state index contributed by atoms with van der Waals surface area (Å²) in [5, 5.41) is 18.4. The Hall–Kier alpha value is -8.48. The van der Waals surface area contributed by atoms with E-state index in [1.54, 1.807) is 6.20 Å². The first-order chi connectivity index (χ1) is 36.7. The molecule has 3 aromatic carbocycles. The number of fused-ring (bicyclic) bond motifs is 4. The Morgan fingerprint density at radius 1 is 0.707 bits per heavy atom. The largest absolute Gasteiger partial charge is 0.489 e. The molecule has 2 fully saturated rings. The molecule has 2 saturated heterocycles. The number of amides is 2. The van der Waals surface area contributed by atoms with E-state index in [4.69, 9.17) is 19.4 Å². The smallest absolute Gasteiger partial charge is 0.254 e. The van der Waals surface area contributed by atoms with Gasteiger partial charge in [0.15, 0.2) is 0 Å². The number of nitrogens with one attached hydrogen (secondary N) is 5. The highest BCUT2D eigenvalue weighted by Crippen LogP contribution is 2.41. The van der Waals surface area contributed by atoms with Crippen molar-refractivity contribution in [3.05, 3.63) is 143 Å². The lowest BCUT2D eigenvalue weighted by Gasteiger charge is -2.41. The summed E-state index contributed by atoms with van der Waals surface area (Å²) >= 11 is 0. The van der Waals surface area contributed by atoms with Gasteiger partial charge in [0.2, 0.25) is 5.88 Å². The van der Waals surface area contributed by atoms with Gasteiger partial charge in [0.05, 0.1) is 89.1 Å². The maximum atomic E-state index is 13.3. The summed E-state index contributed by atoms with van der Waals surface area (Å²) in [7, 11) is 4.33. The van der Waals surface area contributed by atoms with Crippen LogP contribution in [-0.4, -0.2) is 118 Å². The number of aromatic amines is 1. The van der Waals surface area contributed by atoms with Crippen molar-refractivity contribution in [2.45, 2.75) is 39.2 Å². The minimum Gasteiger partial charge on any atom is -0.489 e. The first kappa shape index (κ1) is 46.3. The highest BCUT2D eigenvalue weighted by molar-refractivity contribution is 6.08. The van der Waals surface area contributed by atoms with E-state index in [9.17, 15) is 9.59 Å². The Balaban J connectivity index is 0.657. The molecule has 0 aliphatic carbocycles. The Bertz CT molecular complexity index is 3490. The Kier molecular flexibility index (Phi) is 11.8. The van der Waals surface area contributed by atoms with Crippen LogP contribution >= 0.6 is 0 Å². The predicted octanol–water partition coefficient (Wildman–Crippen LogP) is 7.71. The second kappa shape index (κ2) is 19.1. The predicted molar refractivity (Wildman–Crippen MR) is 289 cm³/mol. The normalized spacial score (nSPS) is 18.5. The number of ether oxygens (including phenoxy) is 2. The zero-order valence-electron chi connectivity index (χ0n) is 42.2. The quantitative estimate of drug-likeness (QED) is 0.0802. The Morgan fingerprint density at radius 2 is 1.45 bits per heavy atom. The zero-order valence-corrected chi connectivity index (χ0v) is 42.2. The fourth-order valence-corrected chi connectivity index (χ4v) is 11.2. The van der Waals surface area contributed by atoms with E-state index < -0.39 is 0 Å². The van der Waals surface area contributed by atoms with E-state index in [0.29, 0.717) is 66.4 Å². The van der Waals surface area contributed by atoms with Gasteiger partial charge in [-0.1, -0.05) is 37.3 Å². The van der Waals surface area contributed by atoms with Gasteiger partial charge >= 0.3 is 0 Å². The molecule has 18 nitrogen and oxygen atoms in total. The van der Waals surface area contributed by atoms with Crippen LogP contribution in [0.5, 0.6) is 11.6 Å². The number of carbonyl (C=O) groups excluding carboxylic acids is 2. The van der Waals surface area contributed by atoms with E-state index in [-0.39, 0.29) is 17.9 Å².